The first-order valence-corrected chi connectivity index (χ1v) is 9.47. The minimum absolute atomic E-state index is 0.0964. The van der Waals surface area contributed by atoms with Crippen molar-refractivity contribution in [1.29, 1.82) is 0 Å². The molecule has 28 heavy (non-hydrogen) atoms. The number of benzene rings is 2. The summed E-state index contributed by atoms with van der Waals surface area (Å²) >= 11 is 0. The van der Waals surface area contributed by atoms with Crippen LogP contribution >= 0.6 is 0 Å². The van der Waals surface area contributed by atoms with Crippen molar-refractivity contribution in [2.24, 2.45) is 4.99 Å². The van der Waals surface area contributed by atoms with Gasteiger partial charge in [-0.25, -0.2) is 4.79 Å². The molecule has 2 rings (SSSR count). The molecule has 0 fully saturated rings. The zero-order valence-electron chi connectivity index (χ0n) is 17.8. The van der Waals surface area contributed by atoms with E-state index in [0.29, 0.717) is 11.3 Å². The van der Waals surface area contributed by atoms with Gasteiger partial charge in [-0.1, -0.05) is 35.9 Å². The van der Waals surface area contributed by atoms with Crippen LogP contribution in [0.4, 0.5) is 5.69 Å². The predicted molar refractivity (Wildman–Crippen MR) is 116 cm³/mol. The number of aliphatic hydroxyl groups is 1. The number of aliphatic hydroxyl groups excluding tert-OH is 1. The molecule has 148 valence electrons. The molecule has 0 amide bonds. The second kappa shape index (κ2) is 8.87. The highest BCUT2D eigenvalue weighted by Gasteiger charge is 2.23. The van der Waals surface area contributed by atoms with Gasteiger partial charge in [0.15, 0.2) is 0 Å². The number of hydrogen-bond donors (Lipinski definition) is 1. The molecular formula is C24H29NO3. The van der Waals surface area contributed by atoms with Crippen LogP contribution in [-0.4, -0.2) is 23.4 Å². The summed E-state index contributed by atoms with van der Waals surface area (Å²) in [6.07, 6.45) is 0. The van der Waals surface area contributed by atoms with Crippen LogP contribution in [0.25, 0.3) is 5.76 Å². The zero-order chi connectivity index (χ0) is 21.0. The molecule has 1 N–H and O–H groups in total. The van der Waals surface area contributed by atoms with Crippen molar-refractivity contribution in [1.82, 2.24) is 0 Å². The van der Waals surface area contributed by atoms with E-state index >= 15 is 0 Å². The number of carbonyl (C=O) groups excluding carboxylic acids is 1. The molecule has 0 saturated carbocycles. The first kappa shape index (κ1) is 21.4. The van der Waals surface area contributed by atoms with E-state index in [-0.39, 0.29) is 17.9 Å². The standard InChI is InChI=1S/C24H29NO3/c1-8-28-24(27)21(19(7)25-22-15(3)10-9-11-16(22)4)23(26)20-17(5)12-14(2)13-18(20)6/h9-13,26H,8H2,1-7H3. The molecule has 0 aliphatic carbocycles. The van der Waals surface area contributed by atoms with Crippen molar-refractivity contribution in [2.45, 2.75) is 48.5 Å². The fourth-order valence-corrected chi connectivity index (χ4v) is 3.50. The smallest absolute Gasteiger partial charge is 0.343 e. The molecule has 0 spiro atoms. The maximum Gasteiger partial charge on any atom is 0.343 e. The van der Waals surface area contributed by atoms with Gasteiger partial charge >= 0.3 is 5.97 Å². The minimum Gasteiger partial charge on any atom is -0.506 e. The van der Waals surface area contributed by atoms with Crippen LogP contribution in [0.1, 0.15) is 47.2 Å². The third-order valence-corrected chi connectivity index (χ3v) is 4.71. The number of para-hydroxylation sites is 1. The number of rotatable bonds is 5. The van der Waals surface area contributed by atoms with Gasteiger partial charge in [-0.15, -0.1) is 0 Å². The van der Waals surface area contributed by atoms with Crippen molar-refractivity contribution in [3.8, 4) is 0 Å². The van der Waals surface area contributed by atoms with E-state index in [4.69, 9.17) is 4.74 Å². The second-order valence-corrected chi connectivity index (χ2v) is 7.16. The summed E-state index contributed by atoms with van der Waals surface area (Å²) in [6.45, 7) is 13.5. The van der Waals surface area contributed by atoms with Crippen LogP contribution in [0.2, 0.25) is 0 Å². The molecule has 0 radical (unpaired) electrons. The number of hydrogen-bond acceptors (Lipinski definition) is 4. The van der Waals surface area contributed by atoms with Gasteiger partial charge in [0.1, 0.15) is 11.3 Å². The van der Waals surface area contributed by atoms with Crippen molar-refractivity contribution in [2.75, 3.05) is 6.61 Å². The molecule has 0 aliphatic rings. The van der Waals surface area contributed by atoms with Gasteiger partial charge in [-0.2, -0.15) is 0 Å². The van der Waals surface area contributed by atoms with E-state index in [9.17, 15) is 9.90 Å². The maximum atomic E-state index is 12.7. The van der Waals surface area contributed by atoms with Crippen LogP contribution < -0.4 is 0 Å². The van der Waals surface area contributed by atoms with Gasteiger partial charge in [0, 0.05) is 5.56 Å². The first-order valence-electron chi connectivity index (χ1n) is 9.47. The lowest BCUT2D eigenvalue weighted by Crippen LogP contribution is -2.17. The topological polar surface area (TPSA) is 58.9 Å². The molecule has 0 saturated heterocycles. The molecule has 0 bridgehead atoms. The molecule has 4 nitrogen and oxygen atoms in total. The van der Waals surface area contributed by atoms with Crippen LogP contribution in [0.3, 0.4) is 0 Å². The van der Waals surface area contributed by atoms with Crippen LogP contribution in [0.5, 0.6) is 0 Å². The number of aryl methyl sites for hydroxylation is 5. The third kappa shape index (κ3) is 4.50. The number of nitrogens with zero attached hydrogens (tertiary/aromatic N) is 1. The number of ether oxygens (including phenoxy) is 1. The Bertz CT molecular complexity index is 925. The molecule has 2 aromatic carbocycles. The van der Waals surface area contributed by atoms with Gasteiger partial charge in [0.2, 0.25) is 0 Å². The molecule has 2 aromatic rings. The van der Waals surface area contributed by atoms with E-state index in [1.54, 1.807) is 13.8 Å². The molecular weight excluding hydrogens is 350 g/mol. The molecule has 0 unspecified atom stereocenters. The molecule has 4 heteroatoms. The molecule has 0 aromatic heterocycles. The Balaban J connectivity index is 2.74. The molecule has 0 heterocycles. The highest BCUT2D eigenvalue weighted by Crippen LogP contribution is 2.29. The van der Waals surface area contributed by atoms with Gasteiger partial charge in [-0.05, 0) is 70.7 Å². The van der Waals surface area contributed by atoms with Gasteiger partial charge in [0.25, 0.3) is 0 Å². The van der Waals surface area contributed by atoms with Gasteiger partial charge in [-0.3, -0.25) is 4.99 Å². The average Bonchev–Trinajstić information content (AvgIpc) is 2.57. The largest absolute Gasteiger partial charge is 0.506 e. The summed E-state index contributed by atoms with van der Waals surface area (Å²) < 4.78 is 5.23. The molecule has 0 aliphatic heterocycles. The Morgan fingerprint density at radius 2 is 1.54 bits per heavy atom. The molecule has 0 atom stereocenters. The van der Waals surface area contributed by atoms with Crippen molar-refractivity contribution in [3.63, 3.8) is 0 Å². The van der Waals surface area contributed by atoms with E-state index in [0.717, 1.165) is 33.5 Å². The van der Waals surface area contributed by atoms with E-state index in [1.807, 2.05) is 65.0 Å². The van der Waals surface area contributed by atoms with Crippen LogP contribution in [-0.2, 0) is 9.53 Å². The van der Waals surface area contributed by atoms with E-state index in [2.05, 4.69) is 4.99 Å². The number of aliphatic imine (C=N–C) groups is 1. The SMILES string of the molecule is CCOC(=O)C(C(C)=Nc1c(C)cccc1C)=C(O)c1c(C)cc(C)cc1C. The lowest BCUT2D eigenvalue weighted by molar-refractivity contribution is -0.137. The predicted octanol–water partition coefficient (Wildman–Crippen LogP) is 5.85. The fraction of sp³-hybridized carbons (Fsp3) is 0.333. The Morgan fingerprint density at radius 1 is 1.00 bits per heavy atom. The average molecular weight is 380 g/mol. The summed E-state index contributed by atoms with van der Waals surface area (Å²) in [5, 5.41) is 11.1. The lowest BCUT2D eigenvalue weighted by Gasteiger charge is -2.15. The normalized spacial score (nSPS) is 12.6. The Morgan fingerprint density at radius 3 is 2.04 bits per heavy atom. The Kier molecular flexibility index (Phi) is 6.79. The first-order chi connectivity index (χ1) is 13.2. The van der Waals surface area contributed by atoms with Gasteiger partial charge in [0.05, 0.1) is 18.0 Å². The van der Waals surface area contributed by atoms with Crippen molar-refractivity contribution in [3.05, 3.63) is 69.3 Å². The summed E-state index contributed by atoms with van der Waals surface area (Å²) in [6, 6.07) is 9.89. The lowest BCUT2D eigenvalue weighted by atomic mass is 9.95. The van der Waals surface area contributed by atoms with Crippen molar-refractivity contribution >= 4 is 23.1 Å². The quantitative estimate of drug-likeness (QED) is 0.307. The summed E-state index contributed by atoms with van der Waals surface area (Å²) in [5.74, 6) is -0.673. The van der Waals surface area contributed by atoms with Crippen molar-refractivity contribution < 1.29 is 14.6 Å². The monoisotopic (exact) mass is 379 g/mol. The second-order valence-electron chi connectivity index (χ2n) is 7.16. The highest BCUT2D eigenvalue weighted by atomic mass is 16.5. The Labute approximate surface area is 167 Å². The summed E-state index contributed by atoms with van der Waals surface area (Å²) in [7, 11) is 0. The maximum absolute atomic E-state index is 12.7. The van der Waals surface area contributed by atoms with E-state index in [1.165, 1.54) is 0 Å². The summed E-state index contributed by atoms with van der Waals surface area (Å²) in [4.78, 5) is 17.4. The zero-order valence-corrected chi connectivity index (χ0v) is 17.8. The van der Waals surface area contributed by atoms with Crippen LogP contribution in [0, 0.1) is 34.6 Å². The minimum atomic E-state index is -0.577. The third-order valence-electron chi connectivity index (χ3n) is 4.71. The van der Waals surface area contributed by atoms with Gasteiger partial charge < -0.3 is 9.84 Å². The van der Waals surface area contributed by atoms with E-state index < -0.39 is 5.97 Å². The highest BCUT2D eigenvalue weighted by molar-refractivity contribution is 6.24. The fourth-order valence-electron chi connectivity index (χ4n) is 3.50. The van der Waals surface area contributed by atoms with Crippen LogP contribution in [0.15, 0.2) is 40.9 Å². The number of esters is 1. The number of carbonyl (C=O) groups is 1. The Hall–Kier alpha value is -2.88. The summed E-state index contributed by atoms with van der Waals surface area (Å²) in [5.41, 5.74) is 6.87.